The Labute approximate surface area is 174 Å². The Morgan fingerprint density at radius 3 is 2.43 bits per heavy atom. The van der Waals surface area contributed by atoms with Crippen LogP contribution in [0.25, 0.3) is 0 Å². The van der Waals surface area contributed by atoms with Gasteiger partial charge in [-0.3, -0.25) is 14.5 Å². The molecule has 7 nitrogen and oxygen atoms in total. The Balaban J connectivity index is 1.22. The first kappa shape index (κ1) is 20.2. The summed E-state index contributed by atoms with van der Waals surface area (Å²) in [5, 5.41) is 5.88. The molecule has 0 bridgehead atoms. The number of likely N-dealkylation sites (tertiary alicyclic amines) is 1. The fraction of sp³-hybridized carbons (Fsp3) is 0.364. The molecular formula is C22H24FN3O4. The zero-order valence-corrected chi connectivity index (χ0v) is 16.5. The number of benzene rings is 2. The number of nitrogens with one attached hydrogen (secondary N) is 2. The molecule has 30 heavy (non-hydrogen) atoms. The van der Waals surface area contributed by atoms with Crippen molar-refractivity contribution >= 4 is 17.5 Å². The van der Waals surface area contributed by atoms with E-state index in [1.165, 1.54) is 24.3 Å². The van der Waals surface area contributed by atoms with Gasteiger partial charge in [-0.05, 0) is 49.2 Å². The molecule has 1 saturated heterocycles. The van der Waals surface area contributed by atoms with Crippen LogP contribution in [0.1, 0.15) is 23.2 Å². The third-order valence-corrected chi connectivity index (χ3v) is 5.22. The Morgan fingerprint density at radius 2 is 1.70 bits per heavy atom. The van der Waals surface area contributed by atoms with Crippen molar-refractivity contribution in [2.24, 2.45) is 0 Å². The maximum atomic E-state index is 13.0. The number of anilines is 1. The molecule has 0 unspecified atom stereocenters. The third kappa shape index (κ3) is 5.07. The summed E-state index contributed by atoms with van der Waals surface area (Å²) in [7, 11) is 0. The maximum absolute atomic E-state index is 13.0. The average Bonchev–Trinajstić information content (AvgIpc) is 2.75. The van der Waals surface area contributed by atoms with E-state index < -0.39 is 0 Å². The summed E-state index contributed by atoms with van der Waals surface area (Å²) in [5.74, 6) is 0.653. The van der Waals surface area contributed by atoms with Crippen LogP contribution in [0.3, 0.4) is 0 Å². The van der Waals surface area contributed by atoms with Gasteiger partial charge < -0.3 is 20.1 Å². The van der Waals surface area contributed by atoms with E-state index in [1.807, 2.05) is 0 Å². The topological polar surface area (TPSA) is 79.9 Å². The van der Waals surface area contributed by atoms with Gasteiger partial charge in [0.1, 0.15) is 19.0 Å². The van der Waals surface area contributed by atoms with Crippen LogP contribution in [0, 0.1) is 5.82 Å². The molecule has 2 aliphatic rings. The molecule has 4 rings (SSSR count). The van der Waals surface area contributed by atoms with E-state index in [0.29, 0.717) is 49.1 Å². The normalized spacial score (nSPS) is 16.7. The number of halogens is 1. The molecule has 0 spiro atoms. The predicted octanol–water partition coefficient (Wildman–Crippen LogP) is 2.43. The standard InChI is InChI=1S/C22H24FN3O4/c23-16-3-1-15(2-4-16)22(28)25-17-7-9-26(10-8-17)14-21(27)24-18-5-6-19-20(13-18)30-12-11-29-19/h1-6,13,17H,7-12,14H2,(H,24,27)(H,25,28). The second-order valence-electron chi connectivity index (χ2n) is 7.44. The molecule has 2 aromatic carbocycles. The summed E-state index contributed by atoms with van der Waals surface area (Å²) in [4.78, 5) is 26.7. The number of carbonyl (C=O) groups excluding carboxylic acids is 2. The van der Waals surface area contributed by atoms with Gasteiger partial charge in [-0.2, -0.15) is 0 Å². The molecule has 0 radical (unpaired) electrons. The Morgan fingerprint density at radius 1 is 1.00 bits per heavy atom. The molecule has 8 heteroatoms. The summed E-state index contributed by atoms with van der Waals surface area (Å²) in [5.41, 5.74) is 1.11. The minimum absolute atomic E-state index is 0.0414. The Hall–Kier alpha value is -3.13. The minimum Gasteiger partial charge on any atom is -0.486 e. The van der Waals surface area contributed by atoms with Gasteiger partial charge in [-0.15, -0.1) is 0 Å². The number of rotatable bonds is 5. The monoisotopic (exact) mass is 413 g/mol. The fourth-order valence-electron chi connectivity index (χ4n) is 3.63. The molecule has 1 fully saturated rings. The molecular weight excluding hydrogens is 389 g/mol. The van der Waals surface area contributed by atoms with Gasteiger partial charge in [0, 0.05) is 36.4 Å². The highest BCUT2D eigenvalue weighted by Crippen LogP contribution is 2.32. The third-order valence-electron chi connectivity index (χ3n) is 5.22. The second-order valence-corrected chi connectivity index (χ2v) is 7.44. The molecule has 0 atom stereocenters. The fourth-order valence-corrected chi connectivity index (χ4v) is 3.63. The molecule has 2 amide bonds. The summed E-state index contributed by atoms with van der Waals surface area (Å²) in [6.45, 7) is 2.73. The molecule has 158 valence electrons. The molecule has 2 heterocycles. The van der Waals surface area contributed by atoms with Crippen molar-refractivity contribution in [3.63, 3.8) is 0 Å². The summed E-state index contributed by atoms with van der Waals surface area (Å²) >= 11 is 0. The van der Waals surface area contributed by atoms with Crippen LogP contribution in [-0.2, 0) is 4.79 Å². The van der Waals surface area contributed by atoms with Gasteiger partial charge >= 0.3 is 0 Å². The van der Waals surface area contributed by atoms with Crippen molar-refractivity contribution in [2.45, 2.75) is 18.9 Å². The van der Waals surface area contributed by atoms with Crippen LogP contribution < -0.4 is 20.1 Å². The number of hydrogen-bond donors (Lipinski definition) is 2. The van der Waals surface area contributed by atoms with Crippen molar-refractivity contribution in [2.75, 3.05) is 38.2 Å². The van der Waals surface area contributed by atoms with Crippen molar-refractivity contribution in [1.82, 2.24) is 10.2 Å². The van der Waals surface area contributed by atoms with E-state index in [9.17, 15) is 14.0 Å². The van der Waals surface area contributed by atoms with Crippen molar-refractivity contribution in [3.05, 3.63) is 53.8 Å². The van der Waals surface area contributed by atoms with Gasteiger partial charge in [-0.25, -0.2) is 4.39 Å². The van der Waals surface area contributed by atoms with Crippen LogP contribution in [0.4, 0.5) is 10.1 Å². The predicted molar refractivity (Wildman–Crippen MR) is 109 cm³/mol. The quantitative estimate of drug-likeness (QED) is 0.787. The van der Waals surface area contributed by atoms with Gasteiger partial charge in [0.05, 0.1) is 6.54 Å². The smallest absolute Gasteiger partial charge is 0.251 e. The average molecular weight is 413 g/mol. The van der Waals surface area contributed by atoms with E-state index in [2.05, 4.69) is 15.5 Å². The van der Waals surface area contributed by atoms with Crippen LogP contribution >= 0.6 is 0 Å². The van der Waals surface area contributed by atoms with E-state index in [0.717, 1.165) is 12.8 Å². The zero-order chi connectivity index (χ0) is 20.9. The van der Waals surface area contributed by atoms with Gasteiger partial charge in [0.15, 0.2) is 11.5 Å². The number of amides is 2. The number of nitrogens with zero attached hydrogens (tertiary/aromatic N) is 1. The Kier molecular flexibility index (Phi) is 6.13. The van der Waals surface area contributed by atoms with E-state index in [-0.39, 0.29) is 30.2 Å². The first-order valence-corrected chi connectivity index (χ1v) is 10.0. The molecule has 0 saturated carbocycles. The maximum Gasteiger partial charge on any atom is 0.251 e. The van der Waals surface area contributed by atoms with Gasteiger partial charge in [0.25, 0.3) is 5.91 Å². The van der Waals surface area contributed by atoms with Crippen LogP contribution in [0.2, 0.25) is 0 Å². The number of carbonyl (C=O) groups is 2. The molecule has 0 aliphatic carbocycles. The van der Waals surface area contributed by atoms with E-state index >= 15 is 0 Å². The largest absolute Gasteiger partial charge is 0.486 e. The second kappa shape index (κ2) is 9.13. The lowest BCUT2D eigenvalue weighted by Crippen LogP contribution is -2.46. The van der Waals surface area contributed by atoms with Gasteiger partial charge in [0.2, 0.25) is 5.91 Å². The lowest BCUT2D eigenvalue weighted by atomic mass is 10.0. The van der Waals surface area contributed by atoms with Crippen LogP contribution in [0.5, 0.6) is 11.5 Å². The highest BCUT2D eigenvalue weighted by molar-refractivity contribution is 5.94. The number of ether oxygens (including phenoxy) is 2. The van der Waals surface area contributed by atoms with Crippen LogP contribution in [0.15, 0.2) is 42.5 Å². The summed E-state index contributed by atoms with van der Waals surface area (Å²) < 4.78 is 24.0. The lowest BCUT2D eigenvalue weighted by molar-refractivity contribution is -0.117. The SMILES string of the molecule is O=C(CN1CCC(NC(=O)c2ccc(F)cc2)CC1)Nc1ccc2c(c1)OCCO2. The van der Waals surface area contributed by atoms with Crippen molar-refractivity contribution in [1.29, 1.82) is 0 Å². The Bertz CT molecular complexity index is 911. The lowest BCUT2D eigenvalue weighted by Gasteiger charge is -2.31. The number of fused-ring (bicyclic) bond motifs is 1. The first-order chi connectivity index (χ1) is 14.6. The molecule has 0 aromatic heterocycles. The van der Waals surface area contributed by atoms with Gasteiger partial charge in [-0.1, -0.05) is 0 Å². The number of hydrogen-bond acceptors (Lipinski definition) is 5. The number of piperidine rings is 1. The van der Waals surface area contributed by atoms with E-state index in [1.54, 1.807) is 18.2 Å². The summed E-state index contributed by atoms with van der Waals surface area (Å²) in [6, 6.07) is 10.9. The zero-order valence-electron chi connectivity index (χ0n) is 16.5. The van der Waals surface area contributed by atoms with Crippen molar-refractivity contribution < 1.29 is 23.5 Å². The summed E-state index contributed by atoms with van der Waals surface area (Å²) in [6.07, 6.45) is 1.51. The highest BCUT2D eigenvalue weighted by Gasteiger charge is 2.23. The first-order valence-electron chi connectivity index (χ1n) is 10.0. The highest BCUT2D eigenvalue weighted by atomic mass is 19.1. The van der Waals surface area contributed by atoms with Crippen LogP contribution in [-0.4, -0.2) is 55.6 Å². The minimum atomic E-state index is -0.366. The van der Waals surface area contributed by atoms with E-state index in [4.69, 9.17) is 9.47 Å². The molecule has 2 aliphatic heterocycles. The van der Waals surface area contributed by atoms with Crippen molar-refractivity contribution in [3.8, 4) is 11.5 Å². The molecule has 2 aromatic rings. The molecule has 2 N–H and O–H groups in total.